The number of nitrogens with one attached hydrogen (secondary N) is 1. The molecule has 1 N–H and O–H groups in total. The third kappa shape index (κ3) is 3.32. The van der Waals surface area contributed by atoms with E-state index in [0.717, 1.165) is 6.54 Å². The van der Waals surface area contributed by atoms with Crippen molar-refractivity contribution in [2.24, 2.45) is 0 Å². The normalized spacial score (nSPS) is 12.5. The van der Waals surface area contributed by atoms with Gasteiger partial charge in [0.1, 0.15) is 0 Å². The second-order valence-electron chi connectivity index (χ2n) is 3.91. The van der Waals surface area contributed by atoms with E-state index in [1.54, 1.807) is 16.2 Å². The third-order valence-corrected chi connectivity index (χ3v) is 3.84. The highest BCUT2D eigenvalue weighted by atomic mass is 32.1. The van der Waals surface area contributed by atoms with E-state index < -0.39 is 0 Å². The molecule has 0 spiro atoms. The lowest BCUT2D eigenvalue weighted by Crippen LogP contribution is -2.36. The first-order valence-corrected chi connectivity index (χ1v) is 6.40. The van der Waals surface area contributed by atoms with Gasteiger partial charge in [-0.1, -0.05) is 6.92 Å². The zero-order chi connectivity index (χ0) is 12.1. The molecule has 4 heteroatoms. The Bertz CT molecular complexity index is 349. The summed E-state index contributed by atoms with van der Waals surface area (Å²) in [6, 6.07) is 4.35. The monoisotopic (exact) mass is 240 g/mol. The number of thiophene rings is 1. The summed E-state index contributed by atoms with van der Waals surface area (Å²) in [6.45, 7) is 7.39. The second-order valence-corrected chi connectivity index (χ2v) is 5.23. The predicted molar refractivity (Wildman–Crippen MR) is 68.8 cm³/mol. The van der Waals surface area contributed by atoms with Crippen LogP contribution < -0.4 is 5.32 Å². The van der Waals surface area contributed by atoms with Crippen molar-refractivity contribution in [3.05, 3.63) is 21.9 Å². The van der Waals surface area contributed by atoms with Gasteiger partial charge in [-0.05, 0) is 32.5 Å². The Hall–Kier alpha value is -0.870. The molecule has 0 aromatic carbocycles. The highest BCUT2D eigenvalue weighted by Crippen LogP contribution is 2.26. The van der Waals surface area contributed by atoms with Gasteiger partial charge in [-0.2, -0.15) is 0 Å². The fourth-order valence-electron chi connectivity index (χ4n) is 1.44. The van der Waals surface area contributed by atoms with Crippen LogP contribution >= 0.6 is 11.3 Å². The van der Waals surface area contributed by atoms with Gasteiger partial charge >= 0.3 is 0 Å². The molecule has 0 saturated carbocycles. The van der Waals surface area contributed by atoms with Crippen LogP contribution in [0.15, 0.2) is 12.1 Å². The first kappa shape index (κ1) is 13.2. The molecule has 1 unspecified atom stereocenters. The summed E-state index contributed by atoms with van der Waals surface area (Å²) in [4.78, 5) is 16.1. The van der Waals surface area contributed by atoms with Crippen molar-refractivity contribution in [2.75, 3.05) is 20.1 Å². The minimum atomic E-state index is 0.139. The average Bonchev–Trinajstić information content (AvgIpc) is 2.70. The van der Waals surface area contributed by atoms with Crippen molar-refractivity contribution < 1.29 is 4.79 Å². The first-order chi connectivity index (χ1) is 7.56. The fourth-order valence-corrected chi connectivity index (χ4v) is 2.41. The van der Waals surface area contributed by atoms with Gasteiger partial charge in [-0.15, -0.1) is 11.3 Å². The Morgan fingerprint density at radius 3 is 2.75 bits per heavy atom. The molecule has 90 valence electrons. The van der Waals surface area contributed by atoms with Crippen LogP contribution in [0.4, 0.5) is 0 Å². The number of hydrogen-bond donors (Lipinski definition) is 1. The van der Waals surface area contributed by atoms with E-state index in [2.05, 4.69) is 31.3 Å². The zero-order valence-electron chi connectivity index (χ0n) is 10.4. The van der Waals surface area contributed by atoms with E-state index in [-0.39, 0.29) is 11.9 Å². The fraction of sp³-hybridized carbons (Fsp3) is 0.583. The maximum absolute atomic E-state index is 11.8. The highest BCUT2D eigenvalue weighted by molar-refractivity contribution is 7.12. The Kier molecular flexibility index (Phi) is 4.96. The summed E-state index contributed by atoms with van der Waals surface area (Å²) in [5.41, 5.74) is 0. The summed E-state index contributed by atoms with van der Waals surface area (Å²) in [5, 5.41) is 3.05. The van der Waals surface area contributed by atoms with Crippen LogP contribution in [0.2, 0.25) is 0 Å². The molecule has 1 atom stereocenters. The van der Waals surface area contributed by atoms with E-state index in [1.807, 2.05) is 14.0 Å². The first-order valence-electron chi connectivity index (χ1n) is 5.59. The topological polar surface area (TPSA) is 32.3 Å². The summed E-state index contributed by atoms with van der Waals surface area (Å²) >= 11 is 1.75. The summed E-state index contributed by atoms with van der Waals surface area (Å²) in [7, 11) is 1.86. The number of aryl methyl sites for hydroxylation is 1. The molecule has 3 nitrogen and oxygen atoms in total. The molecule has 1 rings (SSSR count). The van der Waals surface area contributed by atoms with E-state index >= 15 is 0 Å². The SMILES string of the molecule is CCNCC(=O)N(C)C(C)c1ccc(C)s1. The van der Waals surface area contributed by atoms with E-state index in [0.29, 0.717) is 6.54 Å². The van der Waals surface area contributed by atoms with Crippen molar-refractivity contribution in [1.29, 1.82) is 0 Å². The lowest BCUT2D eigenvalue weighted by molar-refractivity contribution is -0.130. The van der Waals surface area contributed by atoms with Crippen LogP contribution in [0.25, 0.3) is 0 Å². The quantitative estimate of drug-likeness (QED) is 0.855. The van der Waals surface area contributed by atoms with E-state index in [9.17, 15) is 4.79 Å². The van der Waals surface area contributed by atoms with Crippen LogP contribution in [0.5, 0.6) is 0 Å². The van der Waals surface area contributed by atoms with E-state index in [4.69, 9.17) is 0 Å². The maximum Gasteiger partial charge on any atom is 0.236 e. The number of nitrogens with zero attached hydrogens (tertiary/aromatic N) is 1. The standard InChI is InChI=1S/C12H20N2OS/c1-5-13-8-12(15)14(4)10(3)11-7-6-9(2)16-11/h6-7,10,13H,5,8H2,1-4H3. The Morgan fingerprint density at radius 2 is 2.25 bits per heavy atom. The molecule has 1 aromatic heterocycles. The molecule has 0 radical (unpaired) electrons. The van der Waals surface area contributed by atoms with Gasteiger partial charge in [-0.3, -0.25) is 4.79 Å². The Morgan fingerprint density at radius 1 is 1.56 bits per heavy atom. The van der Waals surface area contributed by atoms with E-state index in [1.165, 1.54) is 9.75 Å². The van der Waals surface area contributed by atoms with Crippen molar-refractivity contribution in [3.63, 3.8) is 0 Å². The summed E-state index contributed by atoms with van der Waals surface area (Å²) in [5.74, 6) is 0.139. The number of amides is 1. The van der Waals surface area contributed by atoms with Gasteiger partial charge < -0.3 is 10.2 Å². The number of likely N-dealkylation sites (N-methyl/N-ethyl adjacent to an activating group) is 2. The predicted octanol–water partition coefficient (Wildman–Crippen LogP) is 2.19. The molecule has 0 aliphatic rings. The van der Waals surface area contributed by atoms with Crippen molar-refractivity contribution >= 4 is 17.2 Å². The van der Waals surface area contributed by atoms with Crippen LogP contribution in [0, 0.1) is 6.92 Å². The third-order valence-electron chi connectivity index (χ3n) is 2.67. The lowest BCUT2D eigenvalue weighted by Gasteiger charge is -2.24. The summed E-state index contributed by atoms with van der Waals surface area (Å²) < 4.78 is 0. The van der Waals surface area contributed by atoms with Crippen LogP contribution in [0.3, 0.4) is 0 Å². The number of carbonyl (C=O) groups is 1. The summed E-state index contributed by atoms with van der Waals surface area (Å²) in [6.07, 6.45) is 0. The molecule has 1 aromatic rings. The van der Waals surface area contributed by atoms with Gasteiger partial charge in [0.2, 0.25) is 5.91 Å². The smallest absolute Gasteiger partial charge is 0.236 e. The van der Waals surface area contributed by atoms with Crippen molar-refractivity contribution in [2.45, 2.75) is 26.8 Å². The molecule has 0 aliphatic carbocycles. The number of rotatable bonds is 5. The average molecular weight is 240 g/mol. The van der Waals surface area contributed by atoms with Crippen LogP contribution in [0.1, 0.15) is 29.6 Å². The second kappa shape index (κ2) is 6.01. The molecule has 1 amide bonds. The molecule has 0 bridgehead atoms. The molecule has 16 heavy (non-hydrogen) atoms. The molecule has 0 aliphatic heterocycles. The van der Waals surface area contributed by atoms with Crippen molar-refractivity contribution in [3.8, 4) is 0 Å². The van der Waals surface area contributed by atoms with Crippen molar-refractivity contribution in [1.82, 2.24) is 10.2 Å². The number of carbonyl (C=O) groups excluding carboxylic acids is 1. The molecular weight excluding hydrogens is 220 g/mol. The maximum atomic E-state index is 11.8. The molecule has 1 heterocycles. The molecule has 0 fully saturated rings. The minimum absolute atomic E-state index is 0.139. The molecular formula is C12H20N2OS. The van der Waals surface area contributed by atoms with Gasteiger partial charge in [0.05, 0.1) is 12.6 Å². The Balaban J connectivity index is 2.59. The largest absolute Gasteiger partial charge is 0.337 e. The van der Waals surface area contributed by atoms with Gasteiger partial charge in [0, 0.05) is 16.8 Å². The lowest BCUT2D eigenvalue weighted by atomic mass is 10.2. The van der Waals surface area contributed by atoms with Gasteiger partial charge in [0.15, 0.2) is 0 Å². The van der Waals surface area contributed by atoms with Crippen LogP contribution in [-0.2, 0) is 4.79 Å². The van der Waals surface area contributed by atoms with Gasteiger partial charge in [-0.25, -0.2) is 0 Å². The minimum Gasteiger partial charge on any atom is -0.337 e. The van der Waals surface area contributed by atoms with Gasteiger partial charge in [0.25, 0.3) is 0 Å². The highest BCUT2D eigenvalue weighted by Gasteiger charge is 2.17. The zero-order valence-corrected chi connectivity index (χ0v) is 11.2. The Labute approximate surface area is 101 Å². The molecule has 0 saturated heterocycles. The van der Waals surface area contributed by atoms with Crippen LogP contribution in [-0.4, -0.2) is 30.9 Å². The number of hydrogen-bond acceptors (Lipinski definition) is 3.